The van der Waals surface area contributed by atoms with Gasteiger partial charge in [0, 0.05) is 0 Å². The van der Waals surface area contributed by atoms with Crippen LogP contribution in [0.5, 0.6) is 0 Å². The minimum absolute atomic E-state index is 0.266. The molecule has 8 N–H and O–H groups in total. The Bertz CT molecular complexity index is 913. The van der Waals surface area contributed by atoms with Crippen LogP contribution < -0.4 is 5.32 Å². The Morgan fingerprint density at radius 1 is 0.534 bits per heavy atom. The van der Waals surface area contributed by atoms with Crippen molar-refractivity contribution in [1.82, 2.24) is 5.32 Å². The van der Waals surface area contributed by atoms with E-state index in [2.05, 4.69) is 19.2 Å². The fourth-order valence-corrected chi connectivity index (χ4v) is 8.09. The number of aliphatic hydroxyl groups excluding tert-OH is 7. The van der Waals surface area contributed by atoms with E-state index < -0.39 is 74.2 Å². The smallest absolute Gasteiger partial charge is 0.249 e. The molecule has 0 radical (unpaired) electrons. The van der Waals surface area contributed by atoms with Crippen LogP contribution in [0, 0.1) is 0 Å². The molecule has 1 amide bonds. The second kappa shape index (κ2) is 37.8. The van der Waals surface area contributed by atoms with Gasteiger partial charge in [-0.25, -0.2) is 0 Å². The first kappa shape index (κ1) is 55.1. The Labute approximate surface area is 354 Å². The zero-order valence-corrected chi connectivity index (χ0v) is 37.3. The van der Waals surface area contributed by atoms with Crippen LogP contribution in [0.2, 0.25) is 0 Å². The Hall–Kier alpha value is -0.890. The predicted octanol–water partition coefficient (Wildman–Crippen LogP) is 8.28. The summed E-state index contributed by atoms with van der Waals surface area (Å²) in [5.74, 6) is -0.693. The van der Waals surface area contributed by atoms with Crippen molar-refractivity contribution in [1.29, 1.82) is 0 Å². The molecule has 9 atom stereocenters. The predicted molar refractivity (Wildman–Crippen MR) is 233 cm³/mol. The van der Waals surface area contributed by atoms with Gasteiger partial charge in [0.25, 0.3) is 0 Å². The lowest BCUT2D eigenvalue weighted by atomic mass is 9.98. The number of unbranched alkanes of at least 4 members (excludes halogenated alkanes) is 29. The number of rotatable bonds is 41. The largest absolute Gasteiger partial charge is 0.394 e. The summed E-state index contributed by atoms with van der Waals surface area (Å²) in [5.41, 5.74) is 0. The third-order valence-corrected chi connectivity index (χ3v) is 12.2. The average molecular weight is 832 g/mol. The van der Waals surface area contributed by atoms with E-state index in [0.717, 1.165) is 38.5 Å². The zero-order valence-electron chi connectivity index (χ0n) is 37.3. The van der Waals surface area contributed by atoms with E-state index in [1.54, 1.807) is 0 Å². The summed E-state index contributed by atoms with van der Waals surface area (Å²) in [7, 11) is 0. The first-order valence-electron chi connectivity index (χ1n) is 24.4. The van der Waals surface area contributed by atoms with Gasteiger partial charge in [0.1, 0.15) is 36.6 Å². The molecule has 0 aromatic rings. The molecule has 1 unspecified atom stereocenters. The molecule has 11 nitrogen and oxygen atoms in total. The molecule has 346 valence electrons. The van der Waals surface area contributed by atoms with Crippen LogP contribution in [-0.4, -0.2) is 110 Å². The number of carbonyl (C=O) groups excluding carboxylic acids is 1. The van der Waals surface area contributed by atoms with Gasteiger partial charge in [0.05, 0.1) is 25.4 Å². The lowest BCUT2D eigenvalue weighted by molar-refractivity contribution is -0.303. The number of nitrogens with one attached hydrogen (secondary N) is 1. The maximum absolute atomic E-state index is 13.1. The standard InChI is InChI=1S/C47H93NO10/c1-3-5-7-9-11-13-15-16-17-18-19-20-21-22-23-25-27-29-31-33-35-40(51)46(56)48-38(37-57-47-45(55)44(54)43(53)41(36-49)58-47)42(52)39(50)34-32-30-28-26-24-14-12-10-8-6-4-2/h38-45,47,49-55H,3-37H2,1-2H3,(H,48,56)/t38-,39+,40?,41+,42-,43-,44-,45+,47-/m0/s1. The quantitative estimate of drug-likeness (QED) is 0.0279. The Kier molecular flexibility index (Phi) is 36.0. The first-order valence-corrected chi connectivity index (χ1v) is 24.4. The third kappa shape index (κ3) is 27.1. The van der Waals surface area contributed by atoms with Gasteiger partial charge in [0.2, 0.25) is 5.91 Å². The molecule has 11 heteroatoms. The molecule has 1 aliphatic rings. The monoisotopic (exact) mass is 832 g/mol. The molecule has 0 saturated carbocycles. The van der Waals surface area contributed by atoms with Crippen molar-refractivity contribution in [2.24, 2.45) is 0 Å². The van der Waals surface area contributed by atoms with Gasteiger partial charge >= 0.3 is 0 Å². The maximum Gasteiger partial charge on any atom is 0.249 e. The molecule has 1 fully saturated rings. The Balaban J connectivity index is 2.37. The molecule has 58 heavy (non-hydrogen) atoms. The lowest BCUT2D eigenvalue weighted by Crippen LogP contribution is -2.60. The number of hydrogen-bond acceptors (Lipinski definition) is 10. The molecule has 0 aromatic heterocycles. The Morgan fingerprint density at radius 3 is 1.28 bits per heavy atom. The van der Waals surface area contributed by atoms with Crippen molar-refractivity contribution in [2.75, 3.05) is 13.2 Å². The molecule has 1 aliphatic heterocycles. The van der Waals surface area contributed by atoms with Crippen molar-refractivity contribution < 1.29 is 50.0 Å². The van der Waals surface area contributed by atoms with E-state index in [9.17, 15) is 40.5 Å². The van der Waals surface area contributed by atoms with Gasteiger partial charge in [-0.3, -0.25) is 4.79 Å². The third-order valence-electron chi connectivity index (χ3n) is 12.2. The van der Waals surface area contributed by atoms with Crippen LogP contribution in [-0.2, 0) is 14.3 Å². The van der Waals surface area contributed by atoms with E-state index in [1.165, 1.54) is 148 Å². The lowest BCUT2D eigenvalue weighted by Gasteiger charge is -2.40. The van der Waals surface area contributed by atoms with Crippen molar-refractivity contribution in [3.05, 3.63) is 0 Å². The molecule has 0 aromatic carbocycles. The van der Waals surface area contributed by atoms with E-state index >= 15 is 0 Å². The van der Waals surface area contributed by atoms with E-state index in [0.29, 0.717) is 19.3 Å². The molecule has 0 aliphatic carbocycles. The summed E-state index contributed by atoms with van der Waals surface area (Å²) in [6, 6.07) is -1.16. The van der Waals surface area contributed by atoms with Crippen LogP contribution in [0.15, 0.2) is 0 Å². The Morgan fingerprint density at radius 2 is 0.897 bits per heavy atom. The van der Waals surface area contributed by atoms with Crippen LogP contribution in [0.4, 0.5) is 0 Å². The molecule has 1 saturated heterocycles. The second-order valence-corrected chi connectivity index (χ2v) is 17.5. The number of aliphatic hydroxyl groups is 7. The number of carbonyl (C=O) groups is 1. The van der Waals surface area contributed by atoms with Gasteiger partial charge in [-0.2, -0.15) is 0 Å². The molecular weight excluding hydrogens is 739 g/mol. The van der Waals surface area contributed by atoms with Crippen LogP contribution >= 0.6 is 0 Å². The summed E-state index contributed by atoms with van der Waals surface area (Å²) in [6.07, 6.45) is 27.3. The summed E-state index contributed by atoms with van der Waals surface area (Å²) in [6.45, 7) is 3.44. The topological polar surface area (TPSA) is 189 Å². The molecular formula is C47H93NO10. The van der Waals surface area contributed by atoms with Crippen molar-refractivity contribution >= 4 is 5.91 Å². The average Bonchev–Trinajstić information content (AvgIpc) is 3.22. The van der Waals surface area contributed by atoms with Gasteiger partial charge in [-0.05, 0) is 12.8 Å². The van der Waals surface area contributed by atoms with Gasteiger partial charge in [-0.1, -0.05) is 213 Å². The SMILES string of the molecule is CCCCCCCCCCCCCCCCCCCCCCC(O)C(=O)N[C@@H](CO[C@H]1O[C@H](CO)[C@H](O)[C@H](O)[C@H]1O)[C@H](O)[C@H](O)CCCCCCCCCCCCC. The van der Waals surface area contributed by atoms with Crippen LogP contribution in [0.25, 0.3) is 0 Å². The van der Waals surface area contributed by atoms with Crippen molar-refractivity contribution in [3.63, 3.8) is 0 Å². The minimum atomic E-state index is -1.66. The van der Waals surface area contributed by atoms with Crippen molar-refractivity contribution in [3.8, 4) is 0 Å². The van der Waals surface area contributed by atoms with Crippen LogP contribution in [0.3, 0.4) is 0 Å². The normalized spacial score (nSPS) is 21.8. The summed E-state index contributed by atoms with van der Waals surface area (Å²) in [4.78, 5) is 13.1. The van der Waals surface area contributed by atoms with Crippen molar-refractivity contribution in [2.45, 2.75) is 281 Å². The van der Waals surface area contributed by atoms with Gasteiger partial charge < -0.3 is 50.5 Å². The number of ether oxygens (including phenoxy) is 2. The minimum Gasteiger partial charge on any atom is -0.394 e. The van der Waals surface area contributed by atoms with Gasteiger partial charge in [0.15, 0.2) is 6.29 Å². The molecule has 0 bridgehead atoms. The second-order valence-electron chi connectivity index (χ2n) is 17.5. The van der Waals surface area contributed by atoms with E-state index in [1.807, 2.05) is 0 Å². The zero-order chi connectivity index (χ0) is 42.6. The summed E-state index contributed by atoms with van der Waals surface area (Å²) >= 11 is 0. The molecule has 1 rings (SSSR count). The number of hydrogen-bond donors (Lipinski definition) is 8. The molecule has 1 heterocycles. The van der Waals surface area contributed by atoms with E-state index in [-0.39, 0.29) is 6.42 Å². The summed E-state index contributed by atoms with van der Waals surface area (Å²) < 4.78 is 11.1. The van der Waals surface area contributed by atoms with Crippen LogP contribution in [0.1, 0.15) is 226 Å². The van der Waals surface area contributed by atoms with Gasteiger partial charge in [-0.15, -0.1) is 0 Å². The highest BCUT2D eigenvalue weighted by molar-refractivity contribution is 5.80. The highest BCUT2D eigenvalue weighted by Crippen LogP contribution is 2.23. The highest BCUT2D eigenvalue weighted by atomic mass is 16.7. The fraction of sp³-hybridized carbons (Fsp3) is 0.979. The maximum atomic E-state index is 13.1. The fourth-order valence-electron chi connectivity index (χ4n) is 8.09. The number of amides is 1. The summed E-state index contributed by atoms with van der Waals surface area (Å²) in [5, 5.41) is 75.6. The van der Waals surface area contributed by atoms with E-state index in [4.69, 9.17) is 9.47 Å². The highest BCUT2D eigenvalue weighted by Gasteiger charge is 2.44. The first-order chi connectivity index (χ1) is 28.2. The molecule has 0 spiro atoms.